The molecule has 0 amide bonds. The highest BCUT2D eigenvalue weighted by Gasteiger charge is 2.20. The number of Topliss-reactive ketones (excluding diaryl/α,β-unsaturated/α-hetero) is 1. The summed E-state index contributed by atoms with van der Waals surface area (Å²) in [6.45, 7) is 3.12. The van der Waals surface area contributed by atoms with Gasteiger partial charge >= 0.3 is 0 Å². The molecule has 0 atom stereocenters. The number of benzene rings is 2. The molecular weight excluding hydrogens is 406 g/mol. The number of hydrogen-bond acceptors (Lipinski definition) is 6. The molecule has 1 aliphatic rings. The van der Waals surface area contributed by atoms with Crippen molar-refractivity contribution in [2.45, 2.75) is 39.0 Å². The van der Waals surface area contributed by atoms with Crippen molar-refractivity contribution in [3.05, 3.63) is 60.0 Å². The van der Waals surface area contributed by atoms with Gasteiger partial charge in [0.2, 0.25) is 5.89 Å². The molecule has 6 nitrogen and oxygen atoms in total. The van der Waals surface area contributed by atoms with Crippen LogP contribution < -0.4 is 14.2 Å². The first-order valence-corrected chi connectivity index (χ1v) is 11.2. The van der Waals surface area contributed by atoms with Crippen molar-refractivity contribution < 1.29 is 23.4 Å². The second kappa shape index (κ2) is 10.4. The molecule has 0 radical (unpaired) electrons. The lowest BCUT2D eigenvalue weighted by Crippen LogP contribution is -2.19. The lowest BCUT2D eigenvalue weighted by atomic mass is 9.86. The summed E-state index contributed by atoms with van der Waals surface area (Å²) >= 11 is 0. The molecule has 0 bridgehead atoms. The van der Waals surface area contributed by atoms with Crippen LogP contribution in [-0.2, 0) is 6.42 Å². The number of aryl methyl sites for hydroxylation is 1. The fourth-order valence-electron chi connectivity index (χ4n) is 3.70. The maximum Gasteiger partial charge on any atom is 0.226 e. The molecule has 32 heavy (non-hydrogen) atoms. The Morgan fingerprint density at radius 1 is 1.09 bits per heavy atom. The summed E-state index contributed by atoms with van der Waals surface area (Å²) in [5, 5.41) is 0. The Balaban J connectivity index is 1.41. The van der Waals surface area contributed by atoms with Crippen LogP contribution in [0.3, 0.4) is 0 Å². The zero-order valence-electron chi connectivity index (χ0n) is 18.6. The number of oxazole rings is 1. The van der Waals surface area contributed by atoms with E-state index in [9.17, 15) is 4.79 Å². The Morgan fingerprint density at radius 2 is 1.94 bits per heavy atom. The average Bonchev–Trinajstić information content (AvgIpc) is 3.26. The van der Waals surface area contributed by atoms with Gasteiger partial charge in [-0.1, -0.05) is 18.6 Å². The van der Waals surface area contributed by atoms with E-state index >= 15 is 0 Å². The van der Waals surface area contributed by atoms with Gasteiger partial charge in [-0.2, -0.15) is 0 Å². The minimum Gasteiger partial charge on any atom is -0.493 e. The molecular formula is C26H29NO5. The Hall–Kier alpha value is -3.28. The molecule has 6 heteroatoms. The fourth-order valence-corrected chi connectivity index (χ4v) is 3.70. The number of methoxy groups -OCH3 is 1. The van der Waals surface area contributed by atoms with Crippen molar-refractivity contribution in [2.75, 3.05) is 20.3 Å². The van der Waals surface area contributed by atoms with E-state index in [4.69, 9.17) is 18.6 Å². The van der Waals surface area contributed by atoms with Gasteiger partial charge in [-0.15, -0.1) is 0 Å². The third-order valence-corrected chi connectivity index (χ3v) is 5.76. The molecule has 168 valence electrons. The van der Waals surface area contributed by atoms with E-state index in [0.717, 1.165) is 11.3 Å². The highest BCUT2D eigenvalue weighted by molar-refractivity contribution is 5.98. The van der Waals surface area contributed by atoms with Crippen LogP contribution in [0.15, 0.2) is 53.1 Å². The van der Waals surface area contributed by atoms with Crippen LogP contribution in [0.5, 0.6) is 17.2 Å². The number of ketones is 1. The molecule has 0 unspecified atom stereocenters. The first kappa shape index (κ1) is 21.9. The summed E-state index contributed by atoms with van der Waals surface area (Å²) in [7, 11) is 1.63. The minimum atomic E-state index is 0.0229. The number of nitrogens with zero attached hydrogens (tertiary/aromatic N) is 1. The van der Waals surface area contributed by atoms with Crippen LogP contribution in [0.1, 0.15) is 48.7 Å². The maximum absolute atomic E-state index is 12.7. The molecule has 1 saturated carbocycles. The first-order chi connectivity index (χ1) is 15.7. The van der Waals surface area contributed by atoms with Gasteiger partial charge in [0.15, 0.2) is 17.3 Å². The number of rotatable bonds is 11. The summed E-state index contributed by atoms with van der Waals surface area (Å²) in [5.41, 5.74) is 2.14. The summed E-state index contributed by atoms with van der Waals surface area (Å²) in [5.74, 6) is 3.15. The van der Waals surface area contributed by atoms with Crippen LogP contribution in [0.25, 0.3) is 11.5 Å². The lowest BCUT2D eigenvalue weighted by molar-refractivity contribution is 0.0979. The van der Waals surface area contributed by atoms with Crippen molar-refractivity contribution in [1.29, 1.82) is 0 Å². The molecule has 3 aromatic rings. The molecule has 0 spiro atoms. The summed E-state index contributed by atoms with van der Waals surface area (Å²) in [4.78, 5) is 17.3. The molecule has 1 aliphatic carbocycles. The molecule has 0 saturated heterocycles. The number of para-hydroxylation sites is 1. The lowest BCUT2D eigenvalue weighted by Gasteiger charge is -2.25. The third kappa shape index (κ3) is 5.13. The number of aromatic nitrogens is 1. The molecule has 1 heterocycles. The van der Waals surface area contributed by atoms with E-state index in [0.29, 0.717) is 60.7 Å². The van der Waals surface area contributed by atoms with Crippen LogP contribution in [0.2, 0.25) is 0 Å². The van der Waals surface area contributed by atoms with E-state index in [-0.39, 0.29) is 5.78 Å². The normalized spacial score (nSPS) is 13.4. The number of carbonyl (C=O) groups is 1. The van der Waals surface area contributed by atoms with Gasteiger partial charge < -0.3 is 18.6 Å². The highest BCUT2D eigenvalue weighted by atomic mass is 16.5. The quantitative estimate of drug-likeness (QED) is 0.358. The first-order valence-electron chi connectivity index (χ1n) is 11.2. The smallest absolute Gasteiger partial charge is 0.226 e. The number of ether oxygens (including phenoxy) is 3. The Morgan fingerprint density at radius 3 is 2.69 bits per heavy atom. The minimum absolute atomic E-state index is 0.0229. The van der Waals surface area contributed by atoms with Crippen molar-refractivity contribution in [3.8, 4) is 28.7 Å². The summed E-state index contributed by atoms with van der Waals surface area (Å²) in [6.07, 6.45) is 6.15. The molecule has 0 N–H and O–H groups in total. The maximum atomic E-state index is 12.7. The molecule has 0 aliphatic heterocycles. The van der Waals surface area contributed by atoms with Gasteiger partial charge in [0.1, 0.15) is 12.0 Å². The average molecular weight is 436 g/mol. The highest BCUT2D eigenvalue weighted by Crippen LogP contribution is 2.34. The van der Waals surface area contributed by atoms with Crippen molar-refractivity contribution in [2.24, 2.45) is 5.92 Å². The largest absolute Gasteiger partial charge is 0.493 e. The third-order valence-electron chi connectivity index (χ3n) is 5.76. The monoisotopic (exact) mass is 435 g/mol. The van der Waals surface area contributed by atoms with Gasteiger partial charge in [-0.05, 0) is 56.0 Å². The SMILES string of the molecule is CCOc1ccccc1C(=O)CCc1coc(-c2ccc(OC)c(OCC3CCC3)c2)n1. The van der Waals surface area contributed by atoms with E-state index in [1.54, 1.807) is 19.4 Å². The summed E-state index contributed by atoms with van der Waals surface area (Å²) in [6, 6.07) is 13.0. The Labute approximate surface area is 188 Å². The molecule has 1 fully saturated rings. The summed E-state index contributed by atoms with van der Waals surface area (Å²) < 4.78 is 22.7. The van der Waals surface area contributed by atoms with Crippen molar-refractivity contribution >= 4 is 5.78 Å². The van der Waals surface area contributed by atoms with Gasteiger partial charge in [0.25, 0.3) is 0 Å². The number of hydrogen-bond donors (Lipinski definition) is 0. The standard InChI is InChI=1S/C26H29NO5/c1-3-30-23-10-5-4-9-21(23)22(28)13-12-20-17-32-26(27-20)19-11-14-24(29-2)25(15-19)31-16-18-7-6-8-18/h4-5,9-11,14-15,17-18H,3,6-8,12-13,16H2,1-2H3. The van der Waals surface area contributed by atoms with E-state index in [1.807, 2.05) is 43.3 Å². The van der Waals surface area contributed by atoms with Crippen LogP contribution in [0, 0.1) is 5.92 Å². The van der Waals surface area contributed by atoms with Gasteiger partial charge in [0, 0.05) is 18.4 Å². The topological polar surface area (TPSA) is 70.8 Å². The predicted molar refractivity (Wildman–Crippen MR) is 122 cm³/mol. The van der Waals surface area contributed by atoms with Crippen molar-refractivity contribution in [1.82, 2.24) is 4.98 Å². The zero-order chi connectivity index (χ0) is 22.3. The Kier molecular flexibility index (Phi) is 7.10. The van der Waals surface area contributed by atoms with E-state index in [1.165, 1.54) is 19.3 Å². The second-order valence-electron chi connectivity index (χ2n) is 7.97. The van der Waals surface area contributed by atoms with Crippen LogP contribution in [-0.4, -0.2) is 31.1 Å². The van der Waals surface area contributed by atoms with Crippen LogP contribution in [0.4, 0.5) is 0 Å². The predicted octanol–water partition coefficient (Wildman–Crippen LogP) is 5.74. The van der Waals surface area contributed by atoms with Gasteiger partial charge in [-0.25, -0.2) is 4.98 Å². The second-order valence-corrected chi connectivity index (χ2v) is 7.97. The number of carbonyl (C=O) groups excluding carboxylic acids is 1. The van der Waals surface area contributed by atoms with Gasteiger partial charge in [-0.3, -0.25) is 4.79 Å². The fraction of sp³-hybridized carbons (Fsp3) is 0.385. The molecule has 4 rings (SSSR count). The molecule has 1 aromatic heterocycles. The van der Waals surface area contributed by atoms with Crippen LogP contribution >= 0.6 is 0 Å². The van der Waals surface area contributed by atoms with Gasteiger partial charge in [0.05, 0.1) is 31.6 Å². The van der Waals surface area contributed by atoms with Crippen molar-refractivity contribution in [3.63, 3.8) is 0 Å². The van der Waals surface area contributed by atoms with E-state index < -0.39 is 0 Å². The van der Waals surface area contributed by atoms with E-state index in [2.05, 4.69) is 4.98 Å². The zero-order valence-corrected chi connectivity index (χ0v) is 18.6. The Bertz CT molecular complexity index is 1050. The molecule has 2 aromatic carbocycles.